The molecule has 24 heavy (non-hydrogen) atoms. The Bertz CT molecular complexity index is 710. The molecule has 1 aliphatic heterocycles. The number of amides is 1. The van der Waals surface area contributed by atoms with Crippen molar-refractivity contribution in [2.24, 2.45) is 5.92 Å². The van der Waals surface area contributed by atoms with E-state index in [1.165, 1.54) is 0 Å². The van der Waals surface area contributed by atoms with E-state index in [4.69, 9.17) is 0 Å². The van der Waals surface area contributed by atoms with Crippen LogP contribution in [0.3, 0.4) is 0 Å². The van der Waals surface area contributed by atoms with E-state index < -0.39 is 0 Å². The lowest BCUT2D eigenvalue weighted by atomic mass is 9.92. The van der Waals surface area contributed by atoms with Gasteiger partial charge < -0.3 is 10.2 Å². The summed E-state index contributed by atoms with van der Waals surface area (Å²) in [6.45, 7) is 5.34. The summed E-state index contributed by atoms with van der Waals surface area (Å²) in [5.74, 6) is 2.25. The second-order valence-electron chi connectivity index (χ2n) is 6.34. The first-order chi connectivity index (χ1) is 11.6. The van der Waals surface area contributed by atoms with Crippen molar-refractivity contribution >= 4 is 17.5 Å². The zero-order valence-electron chi connectivity index (χ0n) is 14.2. The summed E-state index contributed by atoms with van der Waals surface area (Å²) in [7, 11) is 0. The Kier molecular flexibility index (Phi) is 5.03. The molecule has 0 unspecified atom stereocenters. The third-order valence-corrected chi connectivity index (χ3v) is 4.50. The molecule has 3 heterocycles. The van der Waals surface area contributed by atoms with Gasteiger partial charge in [-0.3, -0.25) is 9.78 Å². The van der Waals surface area contributed by atoms with Crippen LogP contribution in [0.5, 0.6) is 0 Å². The van der Waals surface area contributed by atoms with Crippen molar-refractivity contribution in [3.8, 4) is 0 Å². The lowest BCUT2D eigenvalue weighted by molar-refractivity contribution is -0.130. The van der Waals surface area contributed by atoms with E-state index >= 15 is 0 Å². The first kappa shape index (κ1) is 16.4. The van der Waals surface area contributed by atoms with Crippen molar-refractivity contribution < 1.29 is 4.79 Å². The number of pyridine rings is 1. The van der Waals surface area contributed by atoms with Gasteiger partial charge in [0, 0.05) is 32.4 Å². The summed E-state index contributed by atoms with van der Waals surface area (Å²) in [5.41, 5.74) is 2.05. The fraction of sp³-hybridized carbons (Fsp3) is 0.444. The van der Waals surface area contributed by atoms with Crippen LogP contribution in [0.15, 0.2) is 30.7 Å². The van der Waals surface area contributed by atoms with Crippen LogP contribution < -0.4 is 5.32 Å². The van der Waals surface area contributed by atoms with Crippen LogP contribution in [0.1, 0.15) is 31.0 Å². The predicted octanol–water partition coefficient (Wildman–Crippen LogP) is 2.72. The molecule has 1 aliphatic rings. The molecule has 1 N–H and O–H groups in total. The molecule has 0 aliphatic carbocycles. The van der Waals surface area contributed by atoms with Crippen molar-refractivity contribution in [3.05, 3.63) is 42.0 Å². The molecular weight excluding hydrogens is 302 g/mol. The van der Waals surface area contributed by atoms with E-state index in [0.29, 0.717) is 5.92 Å². The van der Waals surface area contributed by atoms with Gasteiger partial charge in [0.1, 0.15) is 11.6 Å². The highest BCUT2D eigenvalue weighted by atomic mass is 16.2. The maximum Gasteiger partial charge on any atom is 0.219 e. The Hall–Kier alpha value is -2.50. The lowest BCUT2D eigenvalue weighted by Gasteiger charge is -2.31. The highest BCUT2D eigenvalue weighted by molar-refractivity contribution is 5.73. The molecule has 126 valence electrons. The van der Waals surface area contributed by atoms with Gasteiger partial charge in [0.2, 0.25) is 5.91 Å². The number of hydrogen-bond acceptors (Lipinski definition) is 5. The van der Waals surface area contributed by atoms with E-state index in [2.05, 4.69) is 20.3 Å². The van der Waals surface area contributed by atoms with Crippen LogP contribution in [0.25, 0.3) is 0 Å². The Labute approximate surface area is 142 Å². The zero-order valence-corrected chi connectivity index (χ0v) is 14.2. The first-order valence-corrected chi connectivity index (χ1v) is 8.37. The normalized spacial score (nSPS) is 15.3. The average Bonchev–Trinajstić information content (AvgIpc) is 2.58. The van der Waals surface area contributed by atoms with Gasteiger partial charge in [0.05, 0.1) is 11.9 Å². The van der Waals surface area contributed by atoms with Crippen LogP contribution in [-0.2, 0) is 11.2 Å². The maximum absolute atomic E-state index is 11.4. The monoisotopic (exact) mass is 325 g/mol. The number of nitrogens with one attached hydrogen (secondary N) is 1. The smallest absolute Gasteiger partial charge is 0.219 e. The number of hydrogen-bond donors (Lipinski definition) is 1. The number of aromatic nitrogens is 3. The summed E-state index contributed by atoms with van der Waals surface area (Å²) in [6, 6.07) is 3.92. The van der Waals surface area contributed by atoms with E-state index in [9.17, 15) is 4.79 Å². The third-order valence-electron chi connectivity index (χ3n) is 4.50. The molecule has 6 nitrogen and oxygen atoms in total. The largest absolute Gasteiger partial charge is 0.343 e. The van der Waals surface area contributed by atoms with E-state index in [0.717, 1.165) is 55.2 Å². The van der Waals surface area contributed by atoms with Gasteiger partial charge in [-0.15, -0.1) is 0 Å². The molecular formula is C18H23N5O. The number of piperidine rings is 1. The third kappa shape index (κ3) is 4.07. The summed E-state index contributed by atoms with van der Waals surface area (Å²) in [5, 5.41) is 3.23. The van der Waals surface area contributed by atoms with Gasteiger partial charge in [-0.1, -0.05) is 6.07 Å². The maximum atomic E-state index is 11.4. The topological polar surface area (TPSA) is 71.0 Å². The van der Waals surface area contributed by atoms with Crippen LogP contribution in [-0.4, -0.2) is 38.8 Å². The van der Waals surface area contributed by atoms with Crippen LogP contribution in [0.4, 0.5) is 11.6 Å². The number of rotatable bonds is 4. The van der Waals surface area contributed by atoms with Crippen LogP contribution in [0.2, 0.25) is 0 Å². The molecule has 2 aromatic heterocycles. The van der Waals surface area contributed by atoms with Gasteiger partial charge in [0.15, 0.2) is 0 Å². The minimum absolute atomic E-state index is 0.171. The molecule has 0 saturated carbocycles. The fourth-order valence-electron chi connectivity index (χ4n) is 3.05. The van der Waals surface area contributed by atoms with Gasteiger partial charge in [-0.2, -0.15) is 0 Å². The highest BCUT2D eigenvalue weighted by Gasteiger charge is 2.21. The fourth-order valence-corrected chi connectivity index (χ4v) is 3.05. The predicted molar refractivity (Wildman–Crippen MR) is 93.0 cm³/mol. The first-order valence-electron chi connectivity index (χ1n) is 8.37. The lowest BCUT2D eigenvalue weighted by Crippen LogP contribution is -2.37. The Morgan fingerprint density at radius 2 is 2.12 bits per heavy atom. The van der Waals surface area contributed by atoms with Crippen molar-refractivity contribution in [2.45, 2.75) is 33.1 Å². The second kappa shape index (κ2) is 7.38. The van der Waals surface area contributed by atoms with E-state index in [1.807, 2.05) is 30.2 Å². The number of likely N-dealkylation sites (tertiary alicyclic amines) is 1. The number of aryl methyl sites for hydroxylation is 1. The summed E-state index contributed by atoms with van der Waals surface area (Å²) >= 11 is 0. The molecule has 1 fully saturated rings. The minimum Gasteiger partial charge on any atom is -0.343 e. The molecule has 0 aromatic carbocycles. The molecule has 3 rings (SSSR count). The van der Waals surface area contributed by atoms with Gasteiger partial charge >= 0.3 is 0 Å². The average molecular weight is 325 g/mol. The van der Waals surface area contributed by atoms with Crippen molar-refractivity contribution in [1.82, 2.24) is 19.9 Å². The molecule has 0 bridgehead atoms. The number of nitrogens with zero attached hydrogens (tertiary/aromatic N) is 4. The molecule has 0 spiro atoms. The molecule has 1 amide bonds. The Morgan fingerprint density at radius 1 is 1.33 bits per heavy atom. The SMILES string of the molecule is CC(=O)N1CCC(Cc2cncc(Nc3ncccc3C)n2)CC1. The molecule has 1 saturated heterocycles. The van der Waals surface area contributed by atoms with Gasteiger partial charge in [-0.25, -0.2) is 9.97 Å². The Morgan fingerprint density at radius 3 is 2.83 bits per heavy atom. The number of carbonyl (C=O) groups excluding carboxylic acids is 1. The van der Waals surface area contributed by atoms with Gasteiger partial charge in [-0.05, 0) is 43.7 Å². The molecule has 0 radical (unpaired) electrons. The molecule has 2 aromatic rings. The standard InChI is InChI=1S/C18H23N5O/c1-13-4-3-7-20-18(13)22-17-12-19-11-16(21-17)10-15-5-8-23(9-6-15)14(2)24/h3-4,7,11-12,15H,5-6,8-10H2,1-2H3,(H,20,21,22). The minimum atomic E-state index is 0.171. The van der Waals surface area contributed by atoms with Gasteiger partial charge in [0.25, 0.3) is 0 Å². The summed E-state index contributed by atoms with van der Waals surface area (Å²) < 4.78 is 0. The van der Waals surface area contributed by atoms with E-state index in [1.54, 1.807) is 19.3 Å². The number of anilines is 2. The van der Waals surface area contributed by atoms with Crippen LogP contribution >= 0.6 is 0 Å². The Balaban J connectivity index is 1.62. The molecule has 6 heteroatoms. The highest BCUT2D eigenvalue weighted by Crippen LogP contribution is 2.22. The van der Waals surface area contributed by atoms with Crippen molar-refractivity contribution in [3.63, 3.8) is 0 Å². The zero-order chi connectivity index (χ0) is 16.9. The quantitative estimate of drug-likeness (QED) is 0.936. The van der Waals surface area contributed by atoms with Crippen molar-refractivity contribution in [1.29, 1.82) is 0 Å². The van der Waals surface area contributed by atoms with Crippen molar-refractivity contribution in [2.75, 3.05) is 18.4 Å². The second-order valence-corrected chi connectivity index (χ2v) is 6.34. The van der Waals surface area contributed by atoms with Crippen LogP contribution in [0, 0.1) is 12.8 Å². The molecule has 0 atom stereocenters. The van der Waals surface area contributed by atoms with E-state index in [-0.39, 0.29) is 5.91 Å². The number of carbonyl (C=O) groups is 1. The summed E-state index contributed by atoms with van der Waals surface area (Å²) in [4.78, 5) is 26.6. The summed E-state index contributed by atoms with van der Waals surface area (Å²) in [6.07, 6.45) is 8.26.